The summed E-state index contributed by atoms with van der Waals surface area (Å²) in [6.07, 6.45) is 0.368. The van der Waals surface area contributed by atoms with Crippen LogP contribution < -0.4 is 18.9 Å². The molecule has 3 aliphatic heterocycles. The van der Waals surface area contributed by atoms with E-state index < -0.39 is 90.9 Å². The van der Waals surface area contributed by atoms with E-state index in [1.807, 2.05) is 72.8 Å². The van der Waals surface area contributed by atoms with E-state index in [-0.39, 0.29) is 45.1 Å². The smallest absolute Gasteiger partial charge is 0.338 e. The van der Waals surface area contributed by atoms with Gasteiger partial charge in [-0.15, -0.1) is 0 Å². The molecule has 2 aromatic carbocycles. The number of fused-ring (bicyclic) bond motifs is 4. The molecular formula is C55H80O17. The van der Waals surface area contributed by atoms with Crippen molar-refractivity contribution in [2.45, 2.75) is 117 Å². The number of carbonyl (C=O) groups is 2. The Morgan fingerprint density at radius 1 is 0.681 bits per heavy atom. The standard InChI is InChI=1S/C55H80O17/c1-16-17-31(2)22-33(4)48(67-29-59-10)40-27-65-53(57)52(68-30-60-11)51-37(8)49(70-55(72-51)39-19-21-43(62-13)46(25-39)64-15)36(7)47(66-28-58-9)34(5)23-32(3)41(56)26-44-35(6)50(40)71-54(69-44)38-18-20-42(61-12)45(24-38)63-14/h16-25,31-32,35-37,40,44,47-52,54-55H,26-30H2,1-15H3/b17-16-,33-22+,34-23+/t31-,32-,35+,36+,37+,40+,44+,47-,48+,49-,50-,51-,52+,54-,55-/m0/s1. The Bertz CT molecular complexity index is 2120. The number of hydrogen-bond donors (Lipinski definition) is 0. The Morgan fingerprint density at radius 2 is 1.22 bits per heavy atom. The highest BCUT2D eigenvalue weighted by Gasteiger charge is 2.50. The Labute approximate surface area is 426 Å². The second kappa shape index (κ2) is 28.3. The number of rotatable bonds is 19. The third-order valence-electron chi connectivity index (χ3n) is 13.8. The van der Waals surface area contributed by atoms with Crippen molar-refractivity contribution < 1.29 is 80.6 Å². The fourth-order valence-corrected chi connectivity index (χ4v) is 10.2. The number of allylic oxidation sites excluding steroid dienone is 4. The van der Waals surface area contributed by atoms with Crippen LogP contribution in [-0.2, 0) is 61.7 Å². The Morgan fingerprint density at radius 3 is 1.78 bits per heavy atom. The molecule has 0 aromatic heterocycles. The van der Waals surface area contributed by atoms with Crippen LogP contribution in [0.3, 0.4) is 0 Å². The van der Waals surface area contributed by atoms with Crippen LogP contribution in [0.4, 0.5) is 0 Å². The van der Waals surface area contributed by atoms with E-state index in [4.69, 9.17) is 71.1 Å². The summed E-state index contributed by atoms with van der Waals surface area (Å²) < 4.78 is 92.4. The molecule has 2 aromatic rings. The van der Waals surface area contributed by atoms with Gasteiger partial charge in [-0.3, -0.25) is 4.79 Å². The number of ketones is 1. The molecule has 0 N–H and O–H groups in total. The number of benzene rings is 2. The maximum atomic E-state index is 15.2. The summed E-state index contributed by atoms with van der Waals surface area (Å²) in [5.74, 6) is -1.49. The highest BCUT2D eigenvalue weighted by Crippen LogP contribution is 2.45. The Kier molecular flexibility index (Phi) is 23.0. The average molecular weight is 1010 g/mol. The molecule has 72 heavy (non-hydrogen) atoms. The largest absolute Gasteiger partial charge is 0.493 e. The van der Waals surface area contributed by atoms with E-state index in [2.05, 4.69) is 19.1 Å². The van der Waals surface area contributed by atoms with Crippen molar-refractivity contribution in [1.29, 1.82) is 0 Å². The van der Waals surface area contributed by atoms with E-state index in [0.29, 0.717) is 34.1 Å². The average Bonchev–Trinajstić information content (AvgIpc) is 3.37. The number of hydrogen-bond acceptors (Lipinski definition) is 17. The van der Waals surface area contributed by atoms with Crippen LogP contribution in [0.15, 0.2) is 71.8 Å². The third kappa shape index (κ3) is 14.5. The number of Topliss-reactive ketones (excluding diaryl/α,β-unsaturated/α-hetero) is 1. The van der Waals surface area contributed by atoms with E-state index in [1.165, 1.54) is 7.11 Å². The van der Waals surface area contributed by atoms with Crippen LogP contribution in [0.5, 0.6) is 23.0 Å². The number of carbonyl (C=O) groups excluding carboxylic acids is 2. The van der Waals surface area contributed by atoms with Crippen molar-refractivity contribution >= 4 is 11.8 Å². The van der Waals surface area contributed by atoms with Gasteiger partial charge in [0.15, 0.2) is 41.7 Å². The zero-order valence-corrected chi connectivity index (χ0v) is 44.9. The molecular weight excluding hydrogens is 933 g/mol. The van der Waals surface area contributed by atoms with Crippen molar-refractivity contribution in [2.75, 3.05) is 76.8 Å². The van der Waals surface area contributed by atoms with Crippen molar-refractivity contribution in [1.82, 2.24) is 0 Å². The van der Waals surface area contributed by atoms with Gasteiger partial charge in [0.25, 0.3) is 0 Å². The van der Waals surface area contributed by atoms with Gasteiger partial charge in [0.1, 0.15) is 32.3 Å². The maximum Gasteiger partial charge on any atom is 0.338 e. The first kappa shape index (κ1) is 58.5. The zero-order valence-electron chi connectivity index (χ0n) is 44.9. The molecule has 15 atom stereocenters. The summed E-state index contributed by atoms with van der Waals surface area (Å²) in [4.78, 5) is 29.8. The van der Waals surface area contributed by atoms with Crippen LogP contribution in [0.1, 0.15) is 85.5 Å². The first-order valence-corrected chi connectivity index (χ1v) is 24.7. The number of cyclic esters (lactones) is 1. The molecule has 0 unspecified atom stereocenters. The molecule has 2 fully saturated rings. The van der Waals surface area contributed by atoms with Crippen LogP contribution in [0, 0.1) is 35.5 Å². The minimum atomic E-state index is -1.33. The highest BCUT2D eigenvalue weighted by atomic mass is 16.7. The van der Waals surface area contributed by atoms with Crippen LogP contribution in [-0.4, -0.2) is 131 Å². The molecule has 3 heterocycles. The van der Waals surface area contributed by atoms with Crippen LogP contribution in [0.25, 0.3) is 0 Å². The van der Waals surface area contributed by atoms with Gasteiger partial charge in [-0.1, -0.05) is 71.1 Å². The van der Waals surface area contributed by atoms with Gasteiger partial charge in [-0.05, 0) is 62.1 Å². The molecule has 0 amide bonds. The van der Waals surface area contributed by atoms with Gasteiger partial charge < -0.3 is 71.1 Å². The van der Waals surface area contributed by atoms with Crippen LogP contribution in [0.2, 0.25) is 0 Å². The summed E-state index contributed by atoms with van der Waals surface area (Å²) in [6.45, 7) is 15.1. The molecule has 0 saturated carbocycles. The van der Waals surface area contributed by atoms with E-state index in [0.717, 1.165) is 11.1 Å². The molecule has 0 spiro atoms. The molecule has 17 heteroatoms. The van der Waals surface area contributed by atoms with Crippen LogP contribution >= 0.6 is 0 Å². The molecule has 402 valence electrons. The summed E-state index contributed by atoms with van der Waals surface area (Å²) in [7, 11) is 10.8. The molecule has 17 nitrogen and oxygen atoms in total. The van der Waals surface area contributed by atoms with Crippen molar-refractivity contribution in [3.63, 3.8) is 0 Å². The van der Waals surface area contributed by atoms with Crippen molar-refractivity contribution in [3.05, 3.63) is 83.0 Å². The first-order valence-electron chi connectivity index (χ1n) is 24.7. The fraction of sp³-hybridized carbons (Fsp3) is 0.636. The van der Waals surface area contributed by atoms with E-state index in [1.54, 1.807) is 66.9 Å². The predicted octanol–water partition coefficient (Wildman–Crippen LogP) is 8.74. The van der Waals surface area contributed by atoms with Gasteiger partial charge in [-0.25, -0.2) is 4.79 Å². The monoisotopic (exact) mass is 1010 g/mol. The van der Waals surface area contributed by atoms with Gasteiger partial charge in [0.05, 0.1) is 71.5 Å². The van der Waals surface area contributed by atoms with Crippen molar-refractivity contribution in [3.8, 4) is 23.0 Å². The molecule has 0 radical (unpaired) electrons. The molecule has 2 saturated heterocycles. The molecule has 3 aliphatic rings. The number of methoxy groups -OCH3 is 7. The van der Waals surface area contributed by atoms with Gasteiger partial charge in [0.2, 0.25) is 0 Å². The van der Waals surface area contributed by atoms with E-state index >= 15 is 4.79 Å². The van der Waals surface area contributed by atoms with Crippen molar-refractivity contribution in [2.24, 2.45) is 35.5 Å². The normalized spacial score (nSPS) is 31.6. The second-order valence-corrected chi connectivity index (χ2v) is 18.9. The lowest BCUT2D eigenvalue weighted by Gasteiger charge is -2.47. The second-order valence-electron chi connectivity index (χ2n) is 18.9. The quantitative estimate of drug-likeness (QED) is 0.0742. The predicted molar refractivity (Wildman–Crippen MR) is 267 cm³/mol. The maximum absolute atomic E-state index is 15.2. The minimum absolute atomic E-state index is 0.0220. The molecule has 4 bridgehead atoms. The topological polar surface area (TPSA) is 173 Å². The lowest BCUT2D eigenvalue weighted by atomic mass is 9.79. The highest BCUT2D eigenvalue weighted by molar-refractivity contribution is 5.83. The third-order valence-corrected chi connectivity index (χ3v) is 13.8. The van der Waals surface area contributed by atoms with Gasteiger partial charge >= 0.3 is 5.97 Å². The SMILES string of the molecule is C/C=C\[C@H](C)/C=C(\C)[C@@H](OCOC)[C@H]1COC(=O)[C@H](OCOC)[C@H]2O[C@@H](c3ccc(OC)c(OC)c3)O[C@H]([C@H]2C)[C@H](C)[C@@H](OCOC)/C(C)=C/[C@H](C)C(=O)C[C@H]2O[C@H](c3ccc(OC)c(OC)c3)O[C@H]1[C@@H]2C. The summed E-state index contributed by atoms with van der Waals surface area (Å²) in [5, 5.41) is 0. The number of ether oxygens (including phenoxy) is 15. The lowest BCUT2D eigenvalue weighted by molar-refractivity contribution is -0.308. The summed E-state index contributed by atoms with van der Waals surface area (Å²) >= 11 is 0. The molecule has 0 aliphatic carbocycles. The first-order chi connectivity index (χ1) is 34.6. The Hall–Kier alpha value is -4.40. The number of esters is 1. The Balaban J connectivity index is 1.74. The summed E-state index contributed by atoms with van der Waals surface area (Å²) in [5.41, 5.74) is 2.85. The van der Waals surface area contributed by atoms with Gasteiger partial charge in [-0.2, -0.15) is 0 Å². The minimum Gasteiger partial charge on any atom is -0.493 e. The lowest BCUT2D eigenvalue weighted by Crippen LogP contribution is -2.55. The van der Waals surface area contributed by atoms with E-state index in [9.17, 15) is 4.79 Å². The molecule has 5 rings (SSSR count). The summed E-state index contributed by atoms with van der Waals surface area (Å²) in [6, 6.07) is 10.7. The zero-order chi connectivity index (χ0) is 52.6. The van der Waals surface area contributed by atoms with Gasteiger partial charge in [0, 0.05) is 62.5 Å². The fourth-order valence-electron chi connectivity index (χ4n) is 10.2.